The summed E-state index contributed by atoms with van der Waals surface area (Å²) in [6.07, 6.45) is 0. The van der Waals surface area contributed by atoms with Crippen molar-refractivity contribution in [3.63, 3.8) is 0 Å². The first-order chi connectivity index (χ1) is 1.73. The molecule has 0 bridgehead atoms. The molecule has 0 aromatic heterocycles. The van der Waals surface area contributed by atoms with Crippen LogP contribution in [0.1, 0.15) is 0 Å². The smallest absolute Gasteiger partial charge is 0.219 e. The number of rotatable bonds is 0. The van der Waals surface area contributed by atoms with Crippen molar-refractivity contribution in [2.45, 2.75) is 0 Å². The van der Waals surface area contributed by atoms with Gasteiger partial charge in [-0.2, -0.15) is 0 Å². The molecule has 0 aliphatic heterocycles. The Hall–Kier alpha value is 0.0703. The molecule has 5 heavy (non-hydrogen) atoms. The Morgan fingerprint density at radius 3 is 1.80 bits per heavy atom. The van der Waals surface area contributed by atoms with Crippen molar-refractivity contribution in [2.75, 3.05) is 0 Å². The molecule has 0 aliphatic carbocycles. The van der Waals surface area contributed by atoms with Gasteiger partial charge in [0.1, 0.15) is 0 Å². The van der Waals surface area contributed by atoms with Gasteiger partial charge in [-0.05, 0) is 0 Å². The Bertz CT molecular complexity index is 32.6. The van der Waals surface area contributed by atoms with Gasteiger partial charge in [0, 0.05) is 22.4 Å². The van der Waals surface area contributed by atoms with Gasteiger partial charge in [-0.1, -0.05) is 0 Å². The molecule has 0 saturated heterocycles. The predicted molar refractivity (Wildman–Crippen MR) is 8.10 cm³/mol. The van der Waals surface area contributed by atoms with Crippen molar-refractivity contribution >= 4 is 0 Å². The Labute approximate surface area is 42.8 Å². The molecule has 0 saturated carbocycles. The minimum atomic E-state index is -2.00. The monoisotopic (exact) mass is 172 g/mol. The minimum absolute atomic E-state index is 0. The fourth-order valence-corrected chi connectivity index (χ4v) is 0. The van der Waals surface area contributed by atoms with Crippen LogP contribution in [0.4, 0.5) is 4.48 Å². The van der Waals surface area contributed by atoms with E-state index in [9.17, 15) is 4.48 Å². The van der Waals surface area contributed by atoms with Gasteiger partial charge in [0.05, 0.1) is 0 Å². The second-order valence-corrected chi connectivity index (χ2v) is 0.213. The van der Waals surface area contributed by atoms with Gasteiger partial charge >= 0.3 is 0 Å². The van der Waals surface area contributed by atoms with Crippen molar-refractivity contribution in [2.24, 2.45) is 0 Å². The number of hydrogen-bond acceptors (Lipinski definition) is 2. The molecular weight excluding hydrogens is 173 g/mol. The summed E-state index contributed by atoms with van der Waals surface area (Å²) >= 11 is 0. The summed E-state index contributed by atoms with van der Waals surface area (Å²) in [7, 11) is 0. The first kappa shape index (κ1) is 8.91. The number of nitro groups is 1. The van der Waals surface area contributed by atoms with E-state index in [1.54, 1.807) is 0 Å². The minimum Gasteiger partial charge on any atom is -0.219 e. The molecular formula is AgFNO2. The molecule has 0 aliphatic rings. The zero-order valence-corrected chi connectivity index (χ0v) is 3.43. The Morgan fingerprint density at radius 2 is 1.80 bits per heavy atom. The van der Waals surface area contributed by atoms with Crippen molar-refractivity contribution in [1.82, 2.24) is 0 Å². The van der Waals surface area contributed by atoms with Gasteiger partial charge in [-0.15, -0.1) is 0 Å². The van der Waals surface area contributed by atoms with E-state index < -0.39 is 5.15 Å². The van der Waals surface area contributed by atoms with Crippen LogP contribution in [0.15, 0.2) is 0 Å². The third kappa shape index (κ3) is 3530. The second kappa shape index (κ2) is 4.07. The van der Waals surface area contributed by atoms with E-state index in [1.165, 1.54) is 0 Å². The Morgan fingerprint density at radius 1 is 1.80 bits per heavy atom. The fourth-order valence-electron chi connectivity index (χ4n) is 0. The number of nitrogens with zero attached hydrogens (tertiary/aromatic N) is 1. The van der Waals surface area contributed by atoms with Crippen LogP contribution in [0.25, 0.3) is 0 Å². The normalized spacial score (nSPS) is 5.00. The first-order valence-corrected chi connectivity index (χ1v) is 0.534. The van der Waals surface area contributed by atoms with Gasteiger partial charge in [0.2, 0.25) is 0 Å². The second-order valence-electron chi connectivity index (χ2n) is 0.213. The van der Waals surface area contributed by atoms with E-state index in [2.05, 4.69) is 0 Å². The summed E-state index contributed by atoms with van der Waals surface area (Å²) < 4.78 is 9.72. The molecule has 0 N–H and O–H groups in total. The molecule has 0 atom stereocenters. The quantitative estimate of drug-likeness (QED) is 0.226. The van der Waals surface area contributed by atoms with Crippen LogP contribution in [0, 0.1) is 10.1 Å². The molecule has 1 radical (unpaired) electrons. The molecule has 0 spiro atoms. The average molecular weight is 173 g/mol. The van der Waals surface area contributed by atoms with Crippen LogP contribution < -0.4 is 0 Å². The van der Waals surface area contributed by atoms with Gasteiger partial charge in [0.15, 0.2) is 4.48 Å². The molecule has 0 rings (SSSR count). The molecule has 0 aromatic carbocycles. The zero-order valence-electron chi connectivity index (χ0n) is 1.94. The Kier molecular flexibility index (Phi) is 7.25. The molecule has 5 heteroatoms. The van der Waals surface area contributed by atoms with Gasteiger partial charge in [-0.3, -0.25) is 0 Å². The van der Waals surface area contributed by atoms with Crippen LogP contribution in [0.3, 0.4) is 0 Å². The molecule has 0 heterocycles. The van der Waals surface area contributed by atoms with Gasteiger partial charge in [-0.25, -0.2) is 10.1 Å². The summed E-state index contributed by atoms with van der Waals surface area (Å²) in [5.74, 6) is 0. The van der Waals surface area contributed by atoms with E-state index in [4.69, 9.17) is 10.1 Å². The SMILES string of the molecule is O=[N+]([O-])F.[Ag]. The summed E-state index contributed by atoms with van der Waals surface area (Å²) in [5.41, 5.74) is 0. The van der Waals surface area contributed by atoms with Gasteiger partial charge in [0.25, 0.3) is 5.15 Å². The van der Waals surface area contributed by atoms with Crippen LogP contribution in [-0.4, -0.2) is 5.15 Å². The first-order valence-electron chi connectivity index (χ1n) is 0.534. The van der Waals surface area contributed by atoms with Gasteiger partial charge < -0.3 is 0 Å². The maximum absolute atomic E-state index is 9.72. The fraction of sp³-hybridized carbons (Fsp3) is 0. The number of hydrogen-bond donors (Lipinski definition) is 0. The van der Waals surface area contributed by atoms with Crippen LogP contribution >= 0.6 is 0 Å². The van der Waals surface area contributed by atoms with Crippen LogP contribution in [-0.2, 0) is 22.4 Å². The van der Waals surface area contributed by atoms with E-state index in [0.717, 1.165) is 0 Å². The third-order valence-electron chi connectivity index (χ3n) is 0. The largest absolute Gasteiger partial charge is 0.279 e. The summed E-state index contributed by atoms with van der Waals surface area (Å²) in [5, 5.41) is 6.14. The standard InChI is InChI=1S/Ag.FNO2/c;1-2(3)4. The number of halogens is 1. The molecule has 0 amide bonds. The maximum Gasteiger partial charge on any atom is 0.279 e. The Balaban J connectivity index is 0. The molecule has 35 valence electrons. The van der Waals surface area contributed by atoms with E-state index in [1.807, 2.05) is 0 Å². The topological polar surface area (TPSA) is 43.1 Å². The van der Waals surface area contributed by atoms with Crippen molar-refractivity contribution in [1.29, 1.82) is 0 Å². The van der Waals surface area contributed by atoms with Crippen molar-refractivity contribution in [3.05, 3.63) is 10.1 Å². The van der Waals surface area contributed by atoms with E-state index >= 15 is 0 Å². The summed E-state index contributed by atoms with van der Waals surface area (Å²) in [4.78, 5) is 8.14. The van der Waals surface area contributed by atoms with Crippen molar-refractivity contribution in [3.8, 4) is 0 Å². The average Bonchev–Trinajstić information content (AvgIpc) is 0.811. The summed E-state index contributed by atoms with van der Waals surface area (Å²) in [6, 6.07) is 0. The molecule has 0 unspecified atom stereocenters. The van der Waals surface area contributed by atoms with Crippen LogP contribution in [0.5, 0.6) is 0 Å². The van der Waals surface area contributed by atoms with Crippen LogP contribution in [0.2, 0.25) is 0 Å². The third-order valence-corrected chi connectivity index (χ3v) is 0. The van der Waals surface area contributed by atoms with Crippen molar-refractivity contribution < 1.29 is 32.0 Å². The predicted octanol–water partition coefficient (Wildman–Crippen LogP) is 0.145. The van der Waals surface area contributed by atoms with E-state index in [-0.39, 0.29) is 22.4 Å². The summed E-state index contributed by atoms with van der Waals surface area (Å²) in [6.45, 7) is 0. The zero-order chi connectivity index (χ0) is 3.58. The molecule has 0 aromatic rings. The molecule has 0 fully saturated rings. The molecule has 3 nitrogen and oxygen atoms in total. The van der Waals surface area contributed by atoms with E-state index in [0.29, 0.717) is 0 Å². The maximum atomic E-state index is 9.72.